The van der Waals surface area contributed by atoms with Crippen LogP contribution in [-0.4, -0.2) is 61.5 Å². The predicted molar refractivity (Wildman–Crippen MR) is 112 cm³/mol. The van der Waals surface area contributed by atoms with Crippen LogP contribution in [0, 0.1) is 17.3 Å². The Kier molecular flexibility index (Phi) is 6.16. The average molecular weight is 469 g/mol. The smallest absolute Gasteiger partial charge is 0.379 e. The molecule has 2 saturated heterocycles. The fraction of sp³-hybridized carbons (Fsp3) is 0.750. The van der Waals surface area contributed by atoms with Gasteiger partial charge in [-0.25, -0.2) is 0 Å². The summed E-state index contributed by atoms with van der Waals surface area (Å²) in [5, 5.41) is 0. The molecule has 5 rings (SSSR count). The fourth-order valence-electron chi connectivity index (χ4n) is 6.43. The number of hydrogen-bond acceptors (Lipinski definition) is 5. The van der Waals surface area contributed by atoms with Crippen molar-refractivity contribution in [2.45, 2.75) is 63.5 Å². The zero-order valence-corrected chi connectivity index (χ0v) is 18.9. The lowest BCUT2D eigenvalue weighted by molar-refractivity contribution is -0.145. The highest BCUT2D eigenvalue weighted by atomic mass is 19.4. The van der Waals surface area contributed by atoms with E-state index < -0.39 is 17.2 Å². The molecule has 0 bridgehead atoms. The maximum Gasteiger partial charge on any atom is 0.417 e. The van der Waals surface area contributed by atoms with Crippen molar-refractivity contribution in [2.24, 2.45) is 17.3 Å². The summed E-state index contributed by atoms with van der Waals surface area (Å²) < 4.78 is 56.7. The number of carbonyl (C=O) groups is 1. The van der Waals surface area contributed by atoms with E-state index in [0.717, 1.165) is 44.6 Å². The van der Waals surface area contributed by atoms with Crippen LogP contribution in [0.1, 0.15) is 48.9 Å². The lowest BCUT2D eigenvalue weighted by atomic mass is 9.78. The molecular formula is C24H31F3N2O4. The summed E-state index contributed by atoms with van der Waals surface area (Å²) >= 11 is 0. The summed E-state index contributed by atoms with van der Waals surface area (Å²) in [6.45, 7) is 2.57. The van der Waals surface area contributed by atoms with Gasteiger partial charge in [0.05, 0.1) is 29.8 Å². The van der Waals surface area contributed by atoms with Crippen LogP contribution >= 0.6 is 0 Å². The highest BCUT2D eigenvalue weighted by Gasteiger charge is 2.57. The summed E-state index contributed by atoms with van der Waals surface area (Å²) in [5.41, 5.74) is -0.180. The quantitative estimate of drug-likeness (QED) is 0.676. The Morgan fingerprint density at radius 3 is 3.00 bits per heavy atom. The summed E-state index contributed by atoms with van der Waals surface area (Å²) in [5.74, 6) is 0.815. The zero-order valence-electron chi connectivity index (χ0n) is 18.9. The predicted octanol–water partition coefficient (Wildman–Crippen LogP) is 3.61. The number of amides is 1. The second-order valence-corrected chi connectivity index (χ2v) is 10.0. The van der Waals surface area contributed by atoms with Gasteiger partial charge in [-0.2, -0.15) is 13.2 Å². The highest BCUT2D eigenvalue weighted by Crippen LogP contribution is 2.53. The minimum atomic E-state index is -4.44. The monoisotopic (exact) mass is 468 g/mol. The third-order valence-electron chi connectivity index (χ3n) is 8.14. The van der Waals surface area contributed by atoms with Crippen molar-refractivity contribution >= 4 is 5.91 Å². The Hall–Kier alpha value is -1.71. The Bertz CT molecular complexity index is 895. The molecule has 1 aromatic rings. The van der Waals surface area contributed by atoms with Crippen LogP contribution in [-0.2, 0) is 38.1 Å². The average Bonchev–Trinajstić information content (AvgIpc) is 3.35. The molecule has 1 aromatic heterocycles. The maximum absolute atomic E-state index is 13.8. The van der Waals surface area contributed by atoms with Crippen LogP contribution in [0.4, 0.5) is 13.2 Å². The van der Waals surface area contributed by atoms with Crippen LogP contribution in [0.3, 0.4) is 0 Å². The molecule has 33 heavy (non-hydrogen) atoms. The minimum Gasteiger partial charge on any atom is -0.379 e. The molecule has 182 valence electrons. The lowest BCUT2D eigenvalue weighted by Gasteiger charge is -2.37. The van der Waals surface area contributed by atoms with Gasteiger partial charge in [-0.1, -0.05) is 0 Å². The van der Waals surface area contributed by atoms with Crippen molar-refractivity contribution in [2.75, 3.05) is 33.5 Å². The fourth-order valence-corrected chi connectivity index (χ4v) is 6.43. The lowest BCUT2D eigenvalue weighted by Crippen LogP contribution is -2.48. The van der Waals surface area contributed by atoms with Crippen LogP contribution in [0.25, 0.3) is 0 Å². The molecule has 0 radical (unpaired) electrons. The Morgan fingerprint density at radius 1 is 1.36 bits per heavy atom. The van der Waals surface area contributed by atoms with E-state index in [1.54, 1.807) is 12.0 Å². The normalized spacial score (nSPS) is 34.2. The van der Waals surface area contributed by atoms with Crippen molar-refractivity contribution in [1.82, 2.24) is 9.88 Å². The maximum atomic E-state index is 13.8. The van der Waals surface area contributed by atoms with E-state index in [4.69, 9.17) is 14.2 Å². The summed E-state index contributed by atoms with van der Waals surface area (Å²) in [4.78, 5) is 19.6. The van der Waals surface area contributed by atoms with Crippen molar-refractivity contribution in [3.8, 4) is 0 Å². The number of pyridine rings is 1. The van der Waals surface area contributed by atoms with Crippen molar-refractivity contribution in [3.63, 3.8) is 0 Å². The van der Waals surface area contributed by atoms with Crippen molar-refractivity contribution in [3.05, 3.63) is 29.1 Å². The van der Waals surface area contributed by atoms with E-state index in [0.29, 0.717) is 55.7 Å². The third kappa shape index (κ3) is 4.28. The number of ether oxygens (including phenoxy) is 3. The molecule has 6 nitrogen and oxygen atoms in total. The molecule has 1 saturated carbocycles. The Labute approximate surface area is 191 Å². The van der Waals surface area contributed by atoms with Gasteiger partial charge in [-0.05, 0) is 55.6 Å². The summed E-state index contributed by atoms with van der Waals surface area (Å²) in [7, 11) is 1.72. The number of halogens is 3. The highest BCUT2D eigenvalue weighted by molar-refractivity contribution is 5.84. The van der Waals surface area contributed by atoms with Gasteiger partial charge in [0.15, 0.2) is 0 Å². The molecule has 4 aliphatic rings. The number of hydrogen-bond donors (Lipinski definition) is 0. The van der Waals surface area contributed by atoms with Crippen LogP contribution in [0.5, 0.6) is 0 Å². The number of aromatic nitrogens is 1. The van der Waals surface area contributed by atoms with E-state index in [2.05, 4.69) is 4.98 Å². The molecule has 0 N–H and O–H groups in total. The molecule has 0 aromatic carbocycles. The summed E-state index contributed by atoms with van der Waals surface area (Å²) in [6, 6.07) is 1.15. The van der Waals surface area contributed by atoms with E-state index in [1.165, 1.54) is 0 Å². The van der Waals surface area contributed by atoms with Crippen LogP contribution in [0.15, 0.2) is 12.3 Å². The molecule has 3 fully saturated rings. The van der Waals surface area contributed by atoms with E-state index in [9.17, 15) is 18.0 Å². The number of methoxy groups -OCH3 is 1. The van der Waals surface area contributed by atoms with Gasteiger partial charge in [0, 0.05) is 51.7 Å². The summed E-state index contributed by atoms with van der Waals surface area (Å²) in [6.07, 6.45) is 1.13. The van der Waals surface area contributed by atoms with Crippen molar-refractivity contribution < 1.29 is 32.2 Å². The van der Waals surface area contributed by atoms with E-state index >= 15 is 0 Å². The molecule has 3 aliphatic heterocycles. The van der Waals surface area contributed by atoms with Gasteiger partial charge in [0.2, 0.25) is 5.91 Å². The Morgan fingerprint density at radius 2 is 2.21 bits per heavy atom. The first kappa shape index (κ1) is 23.1. The standard InChI is InChI=1S/C24H31F3N2O4/c1-31-20-14-32-6-3-16(20)8-15-9-21-23(11-15,4-7-33-21)22(30)29-5-2-19-17(13-29)10-18(12-28-19)24(25,26)27/h10,12,15-16,20-21H,2-9,11,13-14H2,1H3/t15-,16+,20+,21-,23-/m1/s1. The molecule has 4 heterocycles. The van der Waals surface area contributed by atoms with Crippen LogP contribution in [0.2, 0.25) is 0 Å². The van der Waals surface area contributed by atoms with E-state index in [1.807, 2.05) is 0 Å². The number of nitrogens with zero attached hydrogens (tertiary/aromatic N) is 2. The molecule has 1 aliphatic carbocycles. The second-order valence-electron chi connectivity index (χ2n) is 10.0. The zero-order chi connectivity index (χ0) is 23.2. The number of alkyl halides is 3. The molecule has 1 amide bonds. The molecule has 0 spiro atoms. The van der Waals surface area contributed by atoms with Gasteiger partial charge in [-0.15, -0.1) is 0 Å². The topological polar surface area (TPSA) is 60.9 Å². The first-order chi connectivity index (χ1) is 15.8. The van der Waals surface area contributed by atoms with Gasteiger partial charge < -0.3 is 19.1 Å². The van der Waals surface area contributed by atoms with Gasteiger partial charge in [0.25, 0.3) is 0 Å². The molecule has 9 heteroatoms. The van der Waals surface area contributed by atoms with Gasteiger partial charge >= 0.3 is 6.18 Å². The Balaban J connectivity index is 1.31. The molecule has 0 unspecified atom stereocenters. The molecule has 5 atom stereocenters. The number of carbonyl (C=O) groups excluding carboxylic acids is 1. The largest absolute Gasteiger partial charge is 0.417 e. The van der Waals surface area contributed by atoms with Crippen molar-refractivity contribution in [1.29, 1.82) is 0 Å². The number of rotatable bonds is 4. The first-order valence-corrected chi connectivity index (χ1v) is 11.9. The van der Waals surface area contributed by atoms with Gasteiger partial charge in [0.1, 0.15) is 0 Å². The molecular weight excluding hydrogens is 437 g/mol. The van der Waals surface area contributed by atoms with Crippen LogP contribution < -0.4 is 0 Å². The second kappa shape index (κ2) is 8.82. The third-order valence-corrected chi connectivity index (χ3v) is 8.14. The number of fused-ring (bicyclic) bond motifs is 2. The van der Waals surface area contributed by atoms with Gasteiger partial charge in [-0.3, -0.25) is 9.78 Å². The SMILES string of the molecule is CO[C@H]1COCC[C@H]1C[C@@H]1C[C@H]2OCC[C@@]2(C(=O)N2CCc3ncc(C(F)(F)F)cc3C2)C1. The van der Waals surface area contributed by atoms with E-state index in [-0.39, 0.29) is 24.7 Å². The minimum absolute atomic E-state index is 0.0332. The first-order valence-electron chi connectivity index (χ1n) is 11.9.